The fraction of sp³-hybridized carbons (Fsp3) is 0.412. The molecule has 1 aromatic carbocycles. The maximum absolute atomic E-state index is 13.1. The van der Waals surface area contributed by atoms with Crippen molar-refractivity contribution in [3.63, 3.8) is 0 Å². The second-order valence-corrected chi connectivity index (χ2v) is 6.43. The molecule has 26 heavy (non-hydrogen) atoms. The van der Waals surface area contributed by atoms with Gasteiger partial charge in [0, 0.05) is 18.8 Å². The molecule has 0 aliphatic carbocycles. The Morgan fingerprint density at radius 2 is 2.08 bits per heavy atom. The molecule has 0 unspecified atom stereocenters. The first-order valence-electron chi connectivity index (χ1n) is 8.20. The standard InChI is InChI=1S/C17H18ClN3O5/c1-20-7-12(18)13(19-20)8-21(9-16-23-4-5-24-16)17(22)11-2-3-14-15(6-11)26-10-25-14/h2-3,6-7,16H,4-5,8-10H2,1H3. The van der Waals surface area contributed by atoms with Gasteiger partial charge >= 0.3 is 0 Å². The van der Waals surface area contributed by atoms with Crippen molar-refractivity contribution in [2.45, 2.75) is 12.8 Å². The number of benzene rings is 1. The fourth-order valence-electron chi connectivity index (χ4n) is 2.92. The second-order valence-electron chi connectivity index (χ2n) is 6.02. The van der Waals surface area contributed by atoms with Crippen LogP contribution in [-0.2, 0) is 23.1 Å². The van der Waals surface area contributed by atoms with Gasteiger partial charge in [0.15, 0.2) is 17.8 Å². The van der Waals surface area contributed by atoms with Gasteiger partial charge in [0.25, 0.3) is 5.91 Å². The van der Waals surface area contributed by atoms with Gasteiger partial charge in [-0.3, -0.25) is 9.48 Å². The predicted molar refractivity (Wildman–Crippen MR) is 91.2 cm³/mol. The number of rotatable bonds is 5. The number of amides is 1. The van der Waals surface area contributed by atoms with E-state index in [0.29, 0.717) is 41.0 Å². The number of aromatic nitrogens is 2. The Bertz CT molecular complexity index is 819. The van der Waals surface area contributed by atoms with Crippen molar-refractivity contribution < 1.29 is 23.7 Å². The molecule has 0 atom stereocenters. The van der Waals surface area contributed by atoms with Crippen LogP contribution in [0.5, 0.6) is 11.5 Å². The lowest BCUT2D eigenvalue weighted by molar-refractivity contribution is -0.0586. The lowest BCUT2D eigenvalue weighted by atomic mass is 10.1. The molecule has 1 fully saturated rings. The van der Waals surface area contributed by atoms with Crippen LogP contribution in [0, 0.1) is 0 Å². The van der Waals surface area contributed by atoms with Crippen molar-refractivity contribution in [3.8, 4) is 11.5 Å². The van der Waals surface area contributed by atoms with Crippen molar-refractivity contribution >= 4 is 17.5 Å². The molecule has 0 saturated carbocycles. The SMILES string of the molecule is Cn1cc(Cl)c(CN(CC2OCCO2)C(=O)c2ccc3c(c2)OCO3)n1. The van der Waals surface area contributed by atoms with Crippen LogP contribution in [-0.4, -0.2) is 53.4 Å². The maximum Gasteiger partial charge on any atom is 0.254 e. The zero-order valence-electron chi connectivity index (χ0n) is 14.2. The molecule has 0 radical (unpaired) electrons. The van der Waals surface area contributed by atoms with E-state index in [2.05, 4.69) is 5.10 Å². The Morgan fingerprint density at radius 1 is 1.31 bits per heavy atom. The van der Waals surface area contributed by atoms with Crippen LogP contribution in [0.2, 0.25) is 5.02 Å². The van der Waals surface area contributed by atoms with Gasteiger partial charge in [0.1, 0.15) is 5.69 Å². The van der Waals surface area contributed by atoms with Crippen LogP contribution in [0.15, 0.2) is 24.4 Å². The van der Waals surface area contributed by atoms with Gasteiger partial charge in [-0.2, -0.15) is 5.10 Å². The summed E-state index contributed by atoms with van der Waals surface area (Å²) in [5, 5.41) is 4.83. The van der Waals surface area contributed by atoms with E-state index in [-0.39, 0.29) is 25.8 Å². The van der Waals surface area contributed by atoms with E-state index < -0.39 is 6.29 Å². The van der Waals surface area contributed by atoms with Crippen molar-refractivity contribution in [1.29, 1.82) is 0 Å². The number of hydrogen-bond donors (Lipinski definition) is 0. The Labute approximate surface area is 155 Å². The lowest BCUT2D eigenvalue weighted by Crippen LogP contribution is -2.37. The van der Waals surface area contributed by atoms with Crippen LogP contribution in [0.1, 0.15) is 16.1 Å². The molecule has 8 nitrogen and oxygen atoms in total. The monoisotopic (exact) mass is 379 g/mol. The van der Waals surface area contributed by atoms with Gasteiger partial charge in [-0.05, 0) is 18.2 Å². The molecule has 1 aromatic heterocycles. The minimum Gasteiger partial charge on any atom is -0.454 e. The molecular weight excluding hydrogens is 362 g/mol. The molecule has 9 heteroatoms. The van der Waals surface area contributed by atoms with Crippen LogP contribution in [0.4, 0.5) is 0 Å². The number of carbonyl (C=O) groups is 1. The molecular formula is C17H18ClN3O5. The van der Waals surface area contributed by atoms with E-state index in [1.807, 2.05) is 0 Å². The van der Waals surface area contributed by atoms with Crippen molar-refractivity contribution in [2.24, 2.45) is 7.05 Å². The summed E-state index contributed by atoms with van der Waals surface area (Å²) in [6.07, 6.45) is 1.23. The smallest absolute Gasteiger partial charge is 0.254 e. The summed E-state index contributed by atoms with van der Waals surface area (Å²) < 4.78 is 23.3. The van der Waals surface area contributed by atoms with Crippen molar-refractivity contribution in [3.05, 3.63) is 40.7 Å². The third-order valence-corrected chi connectivity index (χ3v) is 4.48. The molecule has 2 aliphatic rings. The summed E-state index contributed by atoms with van der Waals surface area (Å²) in [7, 11) is 1.78. The van der Waals surface area contributed by atoms with Gasteiger partial charge in [-0.1, -0.05) is 11.6 Å². The summed E-state index contributed by atoms with van der Waals surface area (Å²) in [4.78, 5) is 14.7. The largest absolute Gasteiger partial charge is 0.454 e. The van der Waals surface area contributed by atoms with Gasteiger partial charge in [0.2, 0.25) is 6.79 Å². The van der Waals surface area contributed by atoms with E-state index in [0.717, 1.165) is 0 Å². The first-order valence-corrected chi connectivity index (χ1v) is 8.58. The van der Waals surface area contributed by atoms with Gasteiger partial charge < -0.3 is 23.8 Å². The van der Waals surface area contributed by atoms with Crippen LogP contribution in [0.3, 0.4) is 0 Å². The molecule has 4 rings (SSSR count). The number of fused-ring (bicyclic) bond motifs is 1. The van der Waals surface area contributed by atoms with Crippen LogP contribution >= 0.6 is 11.6 Å². The third-order valence-electron chi connectivity index (χ3n) is 4.16. The molecule has 2 aromatic rings. The van der Waals surface area contributed by atoms with E-state index in [4.69, 9.17) is 30.5 Å². The fourth-order valence-corrected chi connectivity index (χ4v) is 3.16. The molecule has 2 aliphatic heterocycles. The Kier molecular flexibility index (Phi) is 4.71. The van der Waals surface area contributed by atoms with E-state index in [1.165, 1.54) is 0 Å². The minimum absolute atomic E-state index is 0.157. The quantitative estimate of drug-likeness (QED) is 0.788. The summed E-state index contributed by atoms with van der Waals surface area (Å²) in [6, 6.07) is 5.11. The zero-order chi connectivity index (χ0) is 18.1. The molecule has 1 amide bonds. The van der Waals surface area contributed by atoms with E-state index >= 15 is 0 Å². The molecule has 3 heterocycles. The minimum atomic E-state index is -0.463. The molecule has 1 saturated heterocycles. The average molecular weight is 380 g/mol. The number of halogens is 1. The van der Waals surface area contributed by atoms with Gasteiger partial charge in [0.05, 0.1) is 31.3 Å². The highest BCUT2D eigenvalue weighted by Gasteiger charge is 2.27. The Hall–Kier alpha value is -2.29. The average Bonchev–Trinajstić information content (AvgIpc) is 3.35. The summed E-state index contributed by atoms with van der Waals surface area (Å²) in [5.74, 6) is 0.993. The third kappa shape index (κ3) is 3.48. The highest BCUT2D eigenvalue weighted by atomic mass is 35.5. The first kappa shape index (κ1) is 17.1. The maximum atomic E-state index is 13.1. The van der Waals surface area contributed by atoms with E-state index in [9.17, 15) is 4.79 Å². The molecule has 0 bridgehead atoms. The van der Waals surface area contributed by atoms with Crippen LogP contribution < -0.4 is 9.47 Å². The van der Waals surface area contributed by atoms with E-state index in [1.54, 1.807) is 41.0 Å². The van der Waals surface area contributed by atoms with Gasteiger partial charge in [-0.25, -0.2) is 0 Å². The van der Waals surface area contributed by atoms with Crippen molar-refractivity contribution in [1.82, 2.24) is 14.7 Å². The number of ether oxygens (including phenoxy) is 4. The molecule has 0 N–H and O–H groups in total. The number of hydrogen-bond acceptors (Lipinski definition) is 6. The number of aryl methyl sites for hydroxylation is 1. The highest BCUT2D eigenvalue weighted by molar-refractivity contribution is 6.31. The molecule has 138 valence electrons. The summed E-state index contributed by atoms with van der Waals surface area (Å²) >= 11 is 6.21. The topological polar surface area (TPSA) is 75.1 Å². The second kappa shape index (κ2) is 7.14. The predicted octanol–water partition coefficient (Wildman–Crippen LogP) is 1.82. The number of carbonyl (C=O) groups excluding carboxylic acids is 1. The molecule has 0 spiro atoms. The number of nitrogens with zero attached hydrogens (tertiary/aromatic N) is 3. The zero-order valence-corrected chi connectivity index (χ0v) is 14.9. The van der Waals surface area contributed by atoms with Gasteiger partial charge in [-0.15, -0.1) is 0 Å². The Morgan fingerprint density at radius 3 is 2.81 bits per heavy atom. The summed E-state index contributed by atoms with van der Waals surface area (Å²) in [5.41, 5.74) is 1.10. The lowest BCUT2D eigenvalue weighted by Gasteiger charge is -2.24. The highest BCUT2D eigenvalue weighted by Crippen LogP contribution is 2.33. The first-order chi connectivity index (χ1) is 12.6. The Balaban J connectivity index is 1.58. The van der Waals surface area contributed by atoms with Crippen molar-refractivity contribution in [2.75, 3.05) is 26.6 Å². The summed E-state index contributed by atoms with van der Waals surface area (Å²) in [6.45, 7) is 1.71. The normalized spacial score (nSPS) is 16.2. The van der Waals surface area contributed by atoms with Crippen LogP contribution in [0.25, 0.3) is 0 Å².